The average Bonchev–Trinajstić information content (AvgIpc) is 2.61. The first-order valence-electron chi connectivity index (χ1n) is 10.2. The van der Waals surface area contributed by atoms with Crippen LogP contribution in [-0.2, 0) is 26.0 Å². The number of ketones is 1. The third-order valence-corrected chi connectivity index (χ3v) is 7.19. The Hall–Kier alpha value is -1.40. The summed E-state index contributed by atoms with van der Waals surface area (Å²) in [4.78, 5) is 11.9. The highest BCUT2D eigenvalue weighted by Gasteiger charge is 2.27. The van der Waals surface area contributed by atoms with Crippen LogP contribution in [0.3, 0.4) is 0 Å². The number of carbonyl (C=O) groups is 1. The molecule has 0 fully saturated rings. The predicted molar refractivity (Wildman–Crippen MR) is 114 cm³/mol. The minimum atomic E-state index is -3.07. The molecule has 0 spiro atoms. The molecule has 0 saturated heterocycles. The van der Waals surface area contributed by atoms with Crippen molar-refractivity contribution in [3.8, 4) is 5.75 Å². The van der Waals surface area contributed by atoms with Gasteiger partial charge in [0.25, 0.3) is 0 Å². The van der Waals surface area contributed by atoms with E-state index >= 15 is 0 Å². The van der Waals surface area contributed by atoms with E-state index in [2.05, 4.69) is 6.92 Å². The molecule has 0 heterocycles. The van der Waals surface area contributed by atoms with Crippen LogP contribution in [0.4, 0.5) is 0 Å². The van der Waals surface area contributed by atoms with Crippen molar-refractivity contribution >= 4 is 15.6 Å². The molecular formula is C22H36O5S. The van der Waals surface area contributed by atoms with E-state index in [0.29, 0.717) is 32.5 Å². The van der Waals surface area contributed by atoms with Gasteiger partial charge in [-0.05, 0) is 57.7 Å². The lowest BCUT2D eigenvalue weighted by atomic mass is 10.1. The number of carbonyl (C=O) groups excluding carboxylic acids is 1. The summed E-state index contributed by atoms with van der Waals surface area (Å²) < 4.78 is 34.5. The number of hydrogen-bond donors (Lipinski definition) is 0. The maximum Gasteiger partial charge on any atom is 0.158 e. The Labute approximate surface area is 170 Å². The van der Waals surface area contributed by atoms with Crippen molar-refractivity contribution in [1.29, 1.82) is 0 Å². The molecule has 0 aliphatic heterocycles. The van der Waals surface area contributed by atoms with Gasteiger partial charge in [0.1, 0.15) is 12.4 Å². The second-order valence-electron chi connectivity index (χ2n) is 8.12. The van der Waals surface area contributed by atoms with Crippen LogP contribution >= 0.6 is 0 Å². The summed E-state index contributed by atoms with van der Waals surface area (Å²) in [5.41, 5.74) is 0.981. The molecular weight excluding hydrogens is 376 g/mol. The Morgan fingerprint density at radius 3 is 2.50 bits per heavy atom. The fraction of sp³-hybridized carbons (Fsp3) is 0.682. The summed E-state index contributed by atoms with van der Waals surface area (Å²) in [6.07, 6.45) is 4.57. The van der Waals surface area contributed by atoms with E-state index in [4.69, 9.17) is 9.47 Å². The van der Waals surface area contributed by atoms with Gasteiger partial charge >= 0.3 is 0 Å². The standard InChI is InChI=1S/C22H36O5S/c1-5-6-14-27-21-13-10-11-19(16-21)17-26-18-20(23)12-8-7-9-15-28(24,25)22(2,3)4/h10-11,13,16H,5-9,12,14-15,17-18H2,1-4H3. The highest BCUT2D eigenvalue weighted by molar-refractivity contribution is 7.92. The molecule has 0 radical (unpaired) electrons. The summed E-state index contributed by atoms with van der Waals surface area (Å²) in [5.74, 6) is 1.05. The van der Waals surface area contributed by atoms with Crippen LogP contribution in [0.1, 0.15) is 71.8 Å². The van der Waals surface area contributed by atoms with Crippen molar-refractivity contribution in [1.82, 2.24) is 0 Å². The van der Waals surface area contributed by atoms with Crippen molar-refractivity contribution in [2.24, 2.45) is 0 Å². The molecule has 160 valence electrons. The van der Waals surface area contributed by atoms with E-state index < -0.39 is 14.6 Å². The second-order valence-corrected chi connectivity index (χ2v) is 11.0. The lowest BCUT2D eigenvalue weighted by molar-refractivity contribution is -0.124. The first kappa shape index (κ1) is 24.6. The van der Waals surface area contributed by atoms with Crippen molar-refractivity contribution in [3.63, 3.8) is 0 Å². The molecule has 0 aliphatic carbocycles. The van der Waals surface area contributed by atoms with Crippen LogP contribution in [0.25, 0.3) is 0 Å². The number of ether oxygens (including phenoxy) is 2. The van der Waals surface area contributed by atoms with Crippen LogP contribution in [0.15, 0.2) is 24.3 Å². The van der Waals surface area contributed by atoms with Gasteiger partial charge in [0.2, 0.25) is 0 Å². The SMILES string of the molecule is CCCCOc1cccc(COCC(=O)CCCCCS(=O)(=O)C(C)(C)C)c1. The number of sulfone groups is 1. The summed E-state index contributed by atoms with van der Waals surface area (Å²) in [6.45, 7) is 8.44. The predicted octanol–water partition coefficient (Wildman–Crippen LogP) is 4.72. The van der Waals surface area contributed by atoms with E-state index in [-0.39, 0.29) is 18.1 Å². The van der Waals surface area contributed by atoms with E-state index in [1.165, 1.54) is 0 Å². The van der Waals surface area contributed by atoms with E-state index in [1.54, 1.807) is 20.8 Å². The maximum atomic E-state index is 12.0. The van der Waals surface area contributed by atoms with Crippen LogP contribution in [0.5, 0.6) is 5.75 Å². The number of Topliss-reactive ketones (excluding diaryl/α,β-unsaturated/α-hetero) is 1. The third kappa shape index (κ3) is 9.69. The molecule has 1 aromatic carbocycles. The van der Waals surface area contributed by atoms with E-state index in [1.807, 2.05) is 24.3 Å². The molecule has 6 heteroatoms. The second kappa shape index (κ2) is 12.2. The van der Waals surface area contributed by atoms with Crippen LogP contribution < -0.4 is 4.74 Å². The normalized spacial score (nSPS) is 12.1. The van der Waals surface area contributed by atoms with Gasteiger partial charge in [-0.1, -0.05) is 31.9 Å². The first-order valence-corrected chi connectivity index (χ1v) is 11.8. The Morgan fingerprint density at radius 2 is 1.82 bits per heavy atom. The van der Waals surface area contributed by atoms with Gasteiger partial charge < -0.3 is 9.47 Å². The molecule has 0 atom stereocenters. The summed E-state index contributed by atoms with van der Waals surface area (Å²) in [5, 5.41) is 0. The zero-order valence-corrected chi connectivity index (χ0v) is 18.6. The Morgan fingerprint density at radius 1 is 1.07 bits per heavy atom. The minimum absolute atomic E-state index is 0.0500. The molecule has 0 aromatic heterocycles. The summed E-state index contributed by atoms with van der Waals surface area (Å²) in [6, 6.07) is 7.74. The number of benzene rings is 1. The smallest absolute Gasteiger partial charge is 0.158 e. The molecule has 0 saturated carbocycles. The molecule has 5 nitrogen and oxygen atoms in total. The lowest BCUT2D eigenvalue weighted by Crippen LogP contribution is -2.30. The quantitative estimate of drug-likeness (QED) is 0.413. The molecule has 0 bridgehead atoms. The Bertz CT molecular complexity index is 689. The maximum absolute atomic E-state index is 12.0. The van der Waals surface area contributed by atoms with E-state index in [9.17, 15) is 13.2 Å². The third-order valence-electron chi connectivity index (χ3n) is 4.50. The monoisotopic (exact) mass is 412 g/mol. The molecule has 0 aliphatic rings. The fourth-order valence-electron chi connectivity index (χ4n) is 2.51. The molecule has 1 rings (SSSR count). The zero-order chi connectivity index (χ0) is 21.0. The highest BCUT2D eigenvalue weighted by atomic mass is 32.2. The molecule has 28 heavy (non-hydrogen) atoms. The topological polar surface area (TPSA) is 69.7 Å². The largest absolute Gasteiger partial charge is 0.494 e. The molecule has 1 aromatic rings. The number of unbranched alkanes of at least 4 members (excludes halogenated alkanes) is 3. The zero-order valence-electron chi connectivity index (χ0n) is 17.8. The van der Waals surface area contributed by atoms with E-state index in [0.717, 1.165) is 30.6 Å². The van der Waals surface area contributed by atoms with Crippen LogP contribution in [-0.4, -0.2) is 37.9 Å². The van der Waals surface area contributed by atoms with Gasteiger partial charge in [0.15, 0.2) is 15.6 Å². The van der Waals surface area contributed by atoms with Gasteiger partial charge in [0, 0.05) is 6.42 Å². The molecule has 0 N–H and O–H groups in total. The van der Waals surface area contributed by atoms with Crippen molar-refractivity contribution in [3.05, 3.63) is 29.8 Å². The van der Waals surface area contributed by atoms with Gasteiger partial charge in [-0.2, -0.15) is 0 Å². The van der Waals surface area contributed by atoms with Crippen LogP contribution in [0, 0.1) is 0 Å². The lowest BCUT2D eigenvalue weighted by Gasteiger charge is -2.18. The average molecular weight is 413 g/mol. The van der Waals surface area contributed by atoms with Crippen molar-refractivity contribution < 1.29 is 22.7 Å². The van der Waals surface area contributed by atoms with Gasteiger partial charge in [-0.15, -0.1) is 0 Å². The summed E-state index contributed by atoms with van der Waals surface area (Å²) >= 11 is 0. The fourth-order valence-corrected chi connectivity index (χ4v) is 3.71. The van der Waals surface area contributed by atoms with Gasteiger partial charge in [-0.3, -0.25) is 4.79 Å². The number of rotatable bonds is 14. The van der Waals surface area contributed by atoms with Gasteiger partial charge in [0.05, 0.1) is 23.7 Å². The number of hydrogen-bond acceptors (Lipinski definition) is 5. The van der Waals surface area contributed by atoms with Crippen molar-refractivity contribution in [2.45, 2.75) is 77.6 Å². The summed E-state index contributed by atoms with van der Waals surface area (Å²) in [7, 11) is -3.07. The highest BCUT2D eigenvalue weighted by Crippen LogP contribution is 2.18. The van der Waals surface area contributed by atoms with Crippen LogP contribution in [0.2, 0.25) is 0 Å². The van der Waals surface area contributed by atoms with Gasteiger partial charge in [-0.25, -0.2) is 8.42 Å². The van der Waals surface area contributed by atoms with Crippen molar-refractivity contribution in [2.75, 3.05) is 19.0 Å². The Balaban J connectivity index is 2.20. The minimum Gasteiger partial charge on any atom is -0.494 e. The first-order chi connectivity index (χ1) is 13.2. The molecule has 0 unspecified atom stereocenters. The molecule has 0 amide bonds. The Kier molecular flexibility index (Phi) is 10.8.